The Kier molecular flexibility index (Phi) is 5.89. The highest BCUT2D eigenvalue weighted by molar-refractivity contribution is 5.94. The maximum Gasteiger partial charge on any atom is 0.254 e. The van der Waals surface area contributed by atoms with E-state index in [9.17, 15) is 9.90 Å². The second-order valence-corrected chi connectivity index (χ2v) is 7.60. The summed E-state index contributed by atoms with van der Waals surface area (Å²) in [6.45, 7) is 5.29. The van der Waals surface area contributed by atoms with E-state index in [0.717, 1.165) is 24.3 Å². The number of anilines is 1. The normalized spacial score (nSPS) is 13.9. The first-order chi connectivity index (χ1) is 14.6. The van der Waals surface area contributed by atoms with Gasteiger partial charge in [-0.2, -0.15) is 0 Å². The van der Waals surface area contributed by atoms with Crippen molar-refractivity contribution in [3.8, 4) is 11.5 Å². The molecule has 154 valence electrons. The molecule has 1 aliphatic rings. The Labute approximate surface area is 177 Å². The van der Waals surface area contributed by atoms with Crippen LogP contribution in [0.2, 0.25) is 0 Å². The predicted octanol–water partition coefficient (Wildman–Crippen LogP) is 4.24. The van der Waals surface area contributed by atoms with E-state index in [1.807, 2.05) is 53.4 Å². The van der Waals surface area contributed by atoms with Crippen LogP contribution in [0, 0.1) is 6.92 Å². The van der Waals surface area contributed by atoms with Crippen LogP contribution in [0.15, 0.2) is 72.8 Å². The minimum Gasteiger partial charge on any atom is -0.508 e. The Hall–Kier alpha value is -3.47. The molecule has 0 radical (unpaired) electrons. The molecule has 0 aliphatic carbocycles. The van der Waals surface area contributed by atoms with Crippen LogP contribution >= 0.6 is 0 Å². The van der Waals surface area contributed by atoms with Crippen LogP contribution in [0.5, 0.6) is 11.5 Å². The van der Waals surface area contributed by atoms with Gasteiger partial charge in [0.15, 0.2) is 0 Å². The molecule has 0 bridgehead atoms. The highest BCUT2D eigenvalue weighted by Gasteiger charge is 2.22. The first-order valence-electron chi connectivity index (χ1n) is 10.2. The third-order valence-corrected chi connectivity index (χ3v) is 5.33. The minimum atomic E-state index is 0.0200. The molecule has 1 N–H and O–H groups in total. The zero-order valence-corrected chi connectivity index (χ0v) is 17.1. The molecule has 4 rings (SSSR count). The number of phenols is 1. The number of nitrogens with zero attached hydrogens (tertiary/aromatic N) is 2. The van der Waals surface area contributed by atoms with Gasteiger partial charge in [-0.1, -0.05) is 42.0 Å². The first kappa shape index (κ1) is 19.8. The van der Waals surface area contributed by atoms with E-state index in [0.29, 0.717) is 31.0 Å². The first-order valence-corrected chi connectivity index (χ1v) is 10.2. The zero-order chi connectivity index (χ0) is 20.9. The average Bonchev–Trinajstić information content (AvgIpc) is 2.78. The number of aromatic hydroxyl groups is 1. The second-order valence-electron chi connectivity index (χ2n) is 7.60. The molecule has 5 nitrogen and oxygen atoms in total. The lowest BCUT2D eigenvalue weighted by molar-refractivity contribution is 0.0746. The SMILES string of the molecule is Cc1cccc(COc2cccc(C(=O)N3CCN(c4cccc(O)c4)CC3)c2)c1. The van der Waals surface area contributed by atoms with Gasteiger partial charge < -0.3 is 19.6 Å². The van der Waals surface area contributed by atoms with Gasteiger partial charge in [0.2, 0.25) is 0 Å². The number of hydrogen-bond donors (Lipinski definition) is 1. The molecule has 3 aromatic rings. The van der Waals surface area contributed by atoms with E-state index in [1.54, 1.807) is 12.1 Å². The summed E-state index contributed by atoms with van der Waals surface area (Å²) in [6.07, 6.45) is 0. The van der Waals surface area contributed by atoms with Crippen LogP contribution in [0.4, 0.5) is 5.69 Å². The van der Waals surface area contributed by atoms with E-state index in [2.05, 4.69) is 24.0 Å². The molecule has 1 saturated heterocycles. The molecule has 1 heterocycles. The number of carbonyl (C=O) groups excluding carboxylic acids is 1. The number of benzene rings is 3. The van der Waals surface area contributed by atoms with Crippen molar-refractivity contribution in [3.05, 3.63) is 89.5 Å². The summed E-state index contributed by atoms with van der Waals surface area (Å²) in [5, 5.41) is 9.69. The standard InChI is InChI=1S/C25H26N2O3/c1-19-5-2-6-20(15-19)18-30-24-10-3-7-21(16-24)25(29)27-13-11-26(12-14-27)22-8-4-9-23(28)17-22/h2-10,15-17,28H,11-14,18H2,1H3. The summed E-state index contributed by atoms with van der Waals surface area (Å²) in [5.41, 5.74) is 3.93. The van der Waals surface area contributed by atoms with Crippen LogP contribution in [0.1, 0.15) is 21.5 Å². The Balaban J connectivity index is 1.36. The lowest BCUT2D eigenvalue weighted by Crippen LogP contribution is -2.48. The average molecular weight is 402 g/mol. The van der Waals surface area contributed by atoms with Crippen molar-refractivity contribution in [2.75, 3.05) is 31.1 Å². The summed E-state index contributed by atoms with van der Waals surface area (Å²) in [6, 6.07) is 22.8. The highest BCUT2D eigenvalue weighted by Crippen LogP contribution is 2.22. The van der Waals surface area contributed by atoms with Crippen LogP contribution in [0.25, 0.3) is 0 Å². The molecule has 0 unspecified atom stereocenters. The molecular formula is C25H26N2O3. The summed E-state index contributed by atoms with van der Waals surface area (Å²) in [4.78, 5) is 17.0. The maximum atomic E-state index is 13.0. The molecule has 0 spiro atoms. The van der Waals surface area contributed by atoms with Gasteiger partial charge in [0.05, 0.1) is 0 Å². The molecule has 1 aliphatic heterocycles. The van der Waals surface area contributed by atoms with Crippen molar-refractivity contribution in [1.82, 2.24) is 4.90 Å². The van der Waals surface area contributed by atoms with Crippen molar-refractivity contribution >= 4 is 11.6 Å². The van der Waals surface area contributed by atoms with Crippen molar-refractivity contribution in [2.24, 2.45) is 0 Å². The number of aryl methyl sites for hydroxylation is 1. The number of rotatable bonds is 5. The largest absolute Gasteiger partial charge is 0.508 e. The number of ether oxygens (including phenoxy) is 1. The van der Waals surface area contributed by atoms with Gasteiger partial charge in [-0.15, -0.1) is 0 Å². The molecule has 5 heteroatoms. The molecule has 0 saturated carbocycles. The topological polar surface area (TPSA) is 53.0 Å². The fourth-order valence-corrected chi connectivity index (χ4v) is 3.73. The van der Waals surface area contributed by atoms with E-state index in [1.165, 1.54) is 5.56 Å². The molecule has 0 aromatic heterocycles. The number of amides is 1. The van der Waals surface area contributed by atoms with Crippen LogP contribution in [-0.2, 0) is 6.61 Å². The summed E-state index contributed by atoms with van der Waals surface area (Å²) >= 11 is 0. The Morgan fingerprint density at radius 2 is 1.70 bits per heavy atom. The van der Waals surface area contributed by atoms with Crippen LogP contribution < -0.4 is 9.64 Å². The van der Waals surface area contributed by atoms with Gasteiger partial charge in [-0.3, -0.25) is 4.79 Å². The van der Waals surface area contributed by atoms with Gasteiger partial charge >= 0.3 is 0 Å². The molecule has 1 amide bonds. The number of piperazine rings is 1. The molecule has 1 fully saturated rings. The monoisotopic (exact) mass is 402 g/mol. The van der Waals surface area contributed by atoms with Crippen LogP contribution in [0.3, 0.4) is 0 Å². The van der Waals surface area contributed by atoms with Gasteiger partial charge in [-0.25, -0.2) is 0 Å². The van der Waals surface area contributed by atoms with Crippen LogP contribution in [-0.4, -0.2) is 42.1 Å². The van der Waals surface area contributed by atoms with Gasteiger partial charge in [-0.05, 0) is 42.8 Å². The van der Waals surface area contributed by atoms with E-state index >= 15 is 0 Å². The van der Waals surface area contributed by atoms with Gasteiger partial charge in [0, 0.05) is 43.5 Å². The third-order valence-electron chi connectivity index (χ3n) is 5.33. The summed E-state index contributed by atoms with van der Waals surface area (Å²) in [7, 11) is 0. The molecule has 3 aromatic carbocycles. The molecule has 0 atom stereocenters. The van der Waals surface area contributed by atoms with Crippen molar-refractivity contribution < 1.29 is 14.6 Å². The molecule has 30 heavy (non-hydrogen) atoms. The van der Waals surface area contributed by atoms with E-state index in [4.69, 9.17) is 4.74 Å². The Bertz CT molecular complexity index is 1030. The minimum absolute atomic E-state index is 0.0200. The lowest BCUT2D eigenvalue weighted by atomic mass is 10.1. The highest BCUT2D eigenvalue weighted by atomic mass is 16.5. The maximum absolute atomic E-state index is 13.0. The molecular weight excluding hydrogens is 376 g/mol. The number of hydrogen-bond acceptors (Lipinski definition) is 4. The summed E-state index contributed by atoms with van der Waals surface area (Å²) in [5.74, 6) is 0.973. The Morgan fingerprint density at radius 3 is 2.47 bits per heavy atom. The van der Waals surface area contributed by atoms with Gasteiger partial charge in [0.1, 0.15) is 18.1 Å². The summed E-state index contributed by atoms with van der Waals surface area (Å²) < 4.78 is 5.91. The smallest absolute Gasteiger partial charge is 0.254 e. The number of carbonyl (C=O) groups is 1. The second kappa shape index (κ2) is 8.91. The third kappa shape index (κ3) is 4.74. The van der Waals surface area contributed by atoms with E-state index in [-0.39, 0.29) is 11.7 Å². The lowest BCUT2D eigenvalue weighted by Gasteiger charge is -2.36. The van der Waals surface area contributed by atoms with Crippen molar-refractivity contribution in [1.29, 1.82) is 0 Å². The zero-order valence-electron chi connectivity index (χ0n) is 17.1. The fraction of sp³-hybridized carbons (Fsp3) is 0.240. The van der Waals surface area contributed by atoms with Gasteiger partial charge in [0.25, 0.3) is 5.91 Å². The Morgan fingerprint density at radius 1 is 0.933 bits per heavy atom. The predicted molar refractivity (Wildman–Crippen MR) is 118 cm³/mol. The number of phenolic OH excluding ortho intramolecular Hbond substituents is 1. The van der Waals surface area contributed by atoms with Crippen molar-refractivity contribution in [3.63, 3.8) is 0 Å². The quantitative estimate of drug-likeness (QED) is 0.694. The van der Waals surface area contributed by atoms with E-state index < -0.39 is 0 Å². The fourth-order valence-electron chi connectivity index (χ4n) is 3.73. The van der Waals surface area contributed by atoms with Crippen molar-refractivity contribution in [2.45, 2.75) is 13.5 Å².